The molecular formula is C17H22N2O6S. The third kappa shape index (κ3) is 4.40. The molecule has 142 valence electrons. The SMILES string of the molecule is O=C(COC(=O)C1CCC1)Nc1ccc(S(=O)(=O)N2CCOCC2)cc1. The van der Waals surface area contributed by atoms with Crippen LogP contribution in [0.15, 0.2) is 29.2 Å². The average Bonchev–Trinajstić information content (AvgIpc) is 2.60. The number of hydrogen-bond acceptors (Lipinski definition) is 6. The molecule has 1 amide bonds. The Balaban J connectivity index is 1.53. The van der Waals surface area contributed by atoms with Gasteiger partial charge in [0.1, 0.15) is 0 Å². The van der Waals surface area contributed by atoms with Gasteiger partial charge in [-0.25, -0.2) is 8.42 Å². The van der Waals surface area contributed by atoms with E-state index in [1.165, 1.54) is 28.6 Å². The molecule has 8 nitrogen and oxygen atoms in total. The van der Waals surface area contributed by atoms with Crippen LogP contribution in [0.5, 0.6) is 0 Å². The topological polar surface area (TPSA) is 102 Å². The molecule has 1 aliphatic carbocycles. The molecule has 1 aromatic carbocycles. The van der Waals surface area contributed by atoms with E-state index in [2.05, 4.69) is 5.32 Å². The molecule has 0 aromatic heterocycles. The number of sulfonamides is 1. The van der Waals surface area contributed by atoms with Crippen molar-refractivity contribution in [1.82, 2.24) is 4.31 Å². The summed E-state index contributed by atoms with van der Waals surface area (Å²) in [7, 11) is -3.56. The molecule has 2 fully saturated rings. The molecule has 0 radical (unpaired) electrons. The lowest BCUT2D eigenvalue weighted by Gasteiger charge is -2.26. The van der Waals surface area contributed by atoms with E-state index in [1.807, 2.05) is 0 Å². The molecule has 0 unspecified atom stereocenters. The number of anilines is 1. The lowest BCUT2D eigenvalue weighted by molar-refractivity contribution is -0.154. The second kappa shape index (κ2) is 8.15. The van der Waals surface area contributed by atoms with Crippen LogP contribution < -0.4 is 5.32 Å². The molecular weight excluding hydrogens is 360 g/mol. The number of rotatable bonds is 6. The zero-order chi connectivity index (χ0) is 18.6. The van der Waals surface area contributed by atoms with Crippen LogP contribution in [-0.4, -0.2) is 57.5 Å². The van der Waals surface area contributed by atoms with Gasteiger partial charge in [0.2, 0.25) is 10.0 Å². The lowest BCUT2D eigenvalue weighted by atomic mass is 9.86. The van der Waals surface area contributed by atoms with Crippen molar-refractivity contribution in [2.75, 3.05) is 38.2 Å². The lowest BCUT2D eigenvalue weighted by Crippen LogP contribution is -2.40. The van der Waals surface area contributed by atoms with E-state index in [0.29, 0.717) is 32.0 Å². The predicted octanol–water partition coefficient (Wildman–Crippen LogP) is 0.989. The zero-order valence-electron chi connectivity index (χ0n) is 14.3. The van der Waals surface area contributed by atoms with Crippen molar-refractivity contribution < 1.29 is 27.5 Å². The van der Waals surface area contributed by atoms with Gasteiger partial charge in [-0.1, -0.05) is 6.42 Å². The number of ether oxygens (including phenoxy) is 2. The van der Waals surface area contributed by atoms with Crippen molar-refractivity contribution in [3.05, 3.63) is 24.3 Å². The van der Waals surface area contributed by atoms with Gasteiger partial charge in [-0.2, -0.15) is 4.31 Å². The smallest absolute Gasteiger partial charge is 0.309 e. The first-order valence-corrected chi connectivity index (χ1v) is 10.1. The van der Waals surface area contributed by atoms with E-state index in [1.54, 1.807) is 0 Å². The van der Waals surface area contributed by atoms with Crippen LogP contribution in [0.25, 0.3) is 0 Å². The van der Waals surface area contributed by atoms with Crippen molar-refractivity contribution in [1.29, 1.82) is 0 Å². The Labute approximate surface area is 152 Å². The van der Waals surface area contributed by atoms with Crippen molar-refractivity contribution >= 4 is 27.6 Å². The first kappa shape index (κ1) is 18.8. The fourth-order valence-electron chi connectivity index (χ4n) is 2.74. The van der Waals surface area contributed by atoms with E-state index < -0.39 is 15.9 Å². The molecule has 2 aliphatic rings. The standard InChI is InChI=1S/C17H22N2O6S/c20-16(12-25-17(21)13-2-1-3-13)18-14-4-6-15(7-5-14)26(22,23)19-8-10-24-11-9-19/h4-7,13H,1-3,8-12H2,(H,18,20). The van der Waals surface area contributed by atoms with E-state index in [4.69, 9.17) is 9.47 Å². The molecule has 3 rings (SSSR count). The number of benzene rings is 1. The van der Waals surface area contributed by atoms with Gasteiger partial charge in [0.25, 0.3) is 5.91 Å². The summed E-state index contributed by atoms with van der Waals surface area (Å²) < 4.78 is 36.6. The quantitative estimate of drug-likeness (QED) is 0.736. The molecule has 1 heterocycles. The van der Waals surface area contributed by atoms with Gasteiger partial charge in [0, 0.05) is 18.8 Å². The van der Waals surface area contributed by atoms with Crippen molar-refractivity contribution in [2.24, 2.45) is 5.92 Å². The van der Waals surface area contributed by atoms with Crippen LogP contribution in [0.4, 0.5) is 5.69 Å². The number of carbonyl (C=O) groups excluding carboxylic acids is 2. The first-order valence-electron chi connectivity index (χ1n) is 8.61. The van der Waals surface area contributed by atoms with Crippen LogP contribution in [0.1, 0.15) is 19.3 Å². The number of hydrogen-bond donors (Lipinski definition) is 1. The summed E-state index contributed by atoms with van der Waals surface area (Å²) in [5.41, 5.74) is 0.440. The number of morpholine rings is 1. The number of carbonyl (C=O) groups is 2. The highest BCUT2D eigenvalue weighted by Crippen LogP contribution is 2.27. The highest BCUT2D eigenvalue weighted by atomic mass is 32.2. The Bertz CT molecular complexity index is 752. The van der Waals surface area contributed by atoms with Gasteiger partial charge in [0.15, 0.2) is 6.61 Å². The second-order valence-electron chi connectivity index (χ2n) is 6.32. The summed E-state index contributed by atoms with van der Waals surface area (Å²) in [4.78, 5) is 23.6. The largest absolute Gasteiger partial charge is 0.455 e. The van der Waals surface area contributed by atoms with Gasteiger partial charge in [-0.05, 0) is 37.1 Å². The van der Waals surface area contributed by atoms with Gasteiger partial charge in [-0.3, -0.25) is 9.59 Å². The number of esters is 1. The van der Waals surface area contributed by atoms with Crippen molar-refractivity contribution in [3.8, 4) is 0 Å². The fraction of sp³-hybridized carbons (Fsp3) is 0.529. The molecule has 1 N–H and O–H groups in total. The van der Waals surface area contributed by atoms with Crippen LogP contribution in [0, 0.1) is 5.92 Å². The first-order chi connectivity index (χ1) is 12.5. The third-order valence-corrected chi connectivity index (χ3v) is 6.44. The summed E-state index contributed by atoms with van der Waals surface area (Å²) in [6, 6.07) is 5.92. The Morgan fingerprint density at radius 2 is 1.81 bits per heavy atom. The fourth-order valence-corrected chi connectivity index (χ4v) is 4.15. The summed E-state index contributed by atoms with van der Waals surface area (Å²) in [5, 5.41) is 2.59. The molecule has 1 saturated carbocycles. The maximum absolute atomic E-state index is 12.5. The maximum Gasteiger partial charge on any atom is 0.309 e. The van der Waals surface area contributed by atoms with Crippen LogP contribution >= 0.6 is 0 Å². The van der Waals surface area contributed by atoms with Gasteiger partial charge in [0.05, 0.1) is 24.0 Å². The van der Waals surface area contributed by atoms with Crippen molar-refractivity contribution in [2.45, 2.75) is 24.2 Å². The summed E-state index contributed by atoms with van der Waals surface area (Å²) in [6.45, 7) is 1.07. The van der Waals surface area contributed by atoms with Crippen LogP contribution in [0.2, 0.25) is 0 Å². The van der Waals surface area contributed by atoms with Crippen molar-refractivity contribution in [3.63, 3.8) is 0 Å². The molecule has 0 atom stereocenters. The van der Waals surface area contributed by atoms with Gasteiger partial charge < -0.3 is 14.8 Å². The van der Waals surface area contributed by atoms with E-state index in [9.17, 15) is 18.0 Å². The molecule has 0 bridgehead atoms. The number of amides is 1. The summed E-state index contributed by atoms with van der Waals surface area (Å²) in [6.07, 6.45) is 2.66. The summed E-state index contributed by atoms with van der Waals surface area (Å²) >= 11 is 0. The molecule has 1 aliphatic heterocycles. The minimum Gasteiger partial charge on any atom is -0.455 e. The summed E-state index contributed by atoms with van der Waals surface area (Å²) in [5.74, 6) is -0.868. The Morgan fingerprint density at radius 3 is 2.38 bits per heavy atom. The Kier molecular flexibility index (Phi) is 5.90. The highest BCUT2D eigenvalue weighted by molar-refractivity contribution is 7.89. The molecule has 1 aromatic rings. The predicted molar refractivity (Wildman–Crippen MR) is 92.9 cm³/mol. The van der Waals surface area contributed by atoms with Gasteiger partial charge >= 0.3 is 5.97 Å². The average molecular weight is 382 g/mol. The molecule has 26 heavy (non-hydrogen) atoms. The normalized spacial score (nSPS) is 18.8. The molecule has 0 spiro atoms. The van der Waals surface area contributed by atoms with Crippen LogP contribution in [0.3, 0.4) is 0 Å². The number of nitrogens with one attached hydrogen (secondary N) is 1. The highest BCUT2D eigenvalue weighted by Gasteiger charge is 2.27. The minimum absolute atomic E-state index is 0.0764. The van der Waals surface area contributed by atoms with E-state index in [-0.39, 0.29) is 23.4 Å². The number of nitrogens with zero attached hydrogens (tertiary/aromatic N) is 1. The molecule has 1 saturated heterocycles. The second-order valence-corrected chi connectivity index (χ2v) is 8.26. The monoisotopic (exact) mass is 382 g/mol. The Hall–Kier alpha value is -1.97. The van der Waals surface area contributed by atoms with Crippen LogP contribution in [-0.2, 0) is 29.1 Å². The Morgan fingerprint density at radius 1 is 1.15 bits per heavy atom. The zero-order valence-corrected chi connectivity index (χ0v) is 15.2. The maximum atomic E-state index is 12.5. The van der Waals surface area contributed by atoms with Gasteiger partial charge in [-0.15, -0.1) is 0 Å². The molecule has 9 heteroatoms. The minimum atomic E-state index is -3.56. The third-order valence-electron chi connectivity index (χ3n) is 4.53. The van der Waals surface area contributed by atoms with E-state index in [0.717, 1.165) is 19.3 Å². The van der Waals surface area contributed by atoms with E-state index >= 15 is 0 Å².